The van der Waals surface area contributed by atoms with E-state index in [0.717, 1.165) is 36.3 Å². The quantitative estimate of drug-likeness (QED) is 0.355. The van der Waals surface area contributed by atoms with E-state index in [0.29, 0.717) is 30.5 Å². The SMILES string of the molecule is CCCCCn1nc(C(=O)NCc2ccc(OCc3ccccn3)cc2)c2ccccc2c1=O. The number of hydrogen-bond donors (Lipinski definition) is 1. The predicted molar refractivity (Wildman–Crippen MR) is 132 cm³/mol. The Bertz CT molecular complexity index is 1300. The number of ether oxygens (including phenoxy) is 1. The molecule has 0 aliphatic carbocycles. The van der Waals surface area contributed by atoms with Crippen LogP contribution in [0.5, 0.6) is 5.75 Å². The van der Waals surface area contributed by atoms with E-state index in [4.69, 9.17) is 4.74 Å². The molecule has 7 heteroatoms. The van der Waals surface area contributed by atoms with Crippen LogP contribution in [0.4, 0.5) is 0 Å². The van der Waals surface area contributed by atoms with Crippen LogP contribution in [0.15, 0.2) is 77.7 Å². The van der Waals surface area contributed by atoms with Gasteiger partial charge in [0.15, 0.2) is 5.69 Å². The van der Waals surface area contributed by atoms with Crippen molar-refractivity contribution >= 4 is 16.7 Å². The molecule has 0 bridgehead atoms. The van der Waals surface area contributed by atoms with Crippen molar-refractivity contribution in [2.75, 3.05) is 0 Å². The smallest absolute Gasteiger partial charge is 0.274 e. The summed E-state index contributed by atoms with van der Waals surface area (Å²) >= 11 is 0. The summed E-state index contributed by atoms with van der Waals surface area (Å²) in [5.41, 5.74) is 1.89. The van der Waals surface area contributed by atoms with Gasteiger partial charge in [-0.2, -0.15) is 5.10 Å². The minimum absolute atomic E-state index is 0.162. The summed E-state index contributed by atoms with van der Waals surface area (Å²) < 4.78 is 7.18. The van der Waals surface area contributed by atoms with Crippen molar-refractivity contribution in [3.8, 4) is 5.75 Å². The normalized spacial score (nSPS) is 10.9. The van der Waals surface area contributed by atoms with Gasteiger partial charge in [0.05, 0.1) is 11.1 Å². The highest BCUT2D eigenvalue weighted by atomic mass is 16.5. The minimum Gasteiger partial charge on any atom is -0.487 e. The third kappa shape index (κ3) is 5.67. The Balaban J connectivity index is 1.43. The highest BCUT2D eigenvalue weighted by Crippen LogP contribution is 2.16. The largest absolute Gasteiger partial charge is 0.487 e. The van der Waals surface area contributed by atoms with Crippen molar-refractivity contribution in [3.63, 3.8) is 0 Å². The second-order valence-electron chi connectivity index (χ2n) is 8.07. The molecule has 0 aliphatic heterocycles. The molecule has 0 unspecified atom stereocenters. The Kier molecular flexibility index (Phi) is 7.65. The molecule has 0 atom stereocenters. The summed E-state index contributed by atoms with van der Waals surface area (Å²) in [5.74, 6) is 0.420. The number of nitrogens with zero attached hydrogens (tertiary/aromatic N) is 3. The van der Waals surface area contributed by atoms with Crippen LogP contribution >= 0.6 is 0 Å². The van der Waals surface area contributed by atoms with E-state index in [2.05, 4.69) is 22.3 Å². The monoisotopic (exact) mass is 456 g/mol. The molecular weight excluding hydrogens is 428 g/mol. The summed E-state index contributed by atoms with van der Waals surface area (Å²) in [5, 5.41) is 8.42. The van der Waals surface area contributed by atoms with Gasteiger partial charge in [-0.25, -0.2) is 4.68 Å². The summed E-state index contributed by atoms with van der Waals surface area (Å²) in [6.07, 6.45) is 4.63. The van der Waals surface area contributed by atoms with Crippen LogP contribution < -0.4 is 15.6 Å². The standard InChI is InChI=1S/C27H28N4O3/c1-2-3-8-17-31-27(33)24-11-5-4-10-23(24)25(30-31)26(32)29-18-20-12-14-22(15-13-20)34-19-21-9-6-7-16-28-21/h4-7,9-16H,2-3,8,17-19H2,1H3,(H,29,32). The van der Waals surface area contributed by atoms with Crippen LogP contribution in [-0.4, -0.2) is 20.7 Å². The fourth-order valence-electron chi connectivity index (χ4n) is 3.68. The van der Waals surface area contributed by atoms with Gasteiger partial charge in [0.1, 0.15) is 12.4 Å². The van der Waals surface area contributed by atoms with Crippen molar-refractivity contribution in [3.05, 3.63) is 100 Å². The number of rotatable bonds is 10. The van der Waals surface area contributed by atoms with Crippen molar-refractivity contribution in [2.45, 2.75) is 45.9 Å². The highest BCUT2D eigenvalue weighted by molar-refractivity contribution is 6.04. The Hall–Kier alpha value is -4.00. The Morgan fingerprint density at radius 3 is 2.47 bits per heavy atom. The maximum atomic E-state index is 13.0. The molecule has 7 nitrogen and oxygen atoms in total. The van der Waals surface area contributed by atoms with Crippen LogP contribution in [0, 0.1) is 0 Å². The van der Waals surface area contributed by atoms with E-state index in [9.17, 15) is 9.59 Å². The van der Waals surface area contributed by atoms with E-state index in [1.165, 1.54) is 4.68 Å². The van der Waals surface area contributed by atoms with E-state index >= 15 is 0 Å². The summed E-state index contributed by atoms with van der Waals surface area (Å²) in [6.45, 7) is 3.33. The molecule has 1 N–H and O–H groups in total. The molecule has 4 aromatic rings. The number of benzene rings is 2. The lowest BCUT2D eigenvalue weighted by molar-refractivity contribution is 0.0945. The maximum absolute atomic E-state index is 13.0. The molecule has 2 aromatic heterocycles. The second-order valence-corrected chi connectivity index (χ2v) is 8.07. The van der Waals surface area contributed by atoms with Gasteiger partial charge in [-0.3, -0.25) is 14.6 Å². The number of aryl methyl sites for hydroxylation is 1. The number of carbonyl (C=O) groups is 1. The van der Waals surface area contributed by atoms with Crippen molar-refractivity contribution in [1.29, 1.82) is 0 Å². The first-order valence-electron chi connectivity index (χ1n) is 11.6. The molecule has 2 heterocycles. The van der Waals surface area contributed by atoms with E-state index in [-0.39, 0.29) is 17.2 Å². The molecule has 0 spiro atoms. The van der Waals surface area contributed by atoms with E-state index < -0.39 is 0 Å². The number of pyridine rings is 1. The zero-order valence-electron chi connectivity index (χ0n) is 19.2. The van der Waals surface area contributed by atoms with Crippen molar-refractivity contribution in [1.82, 2.24) is 20.1 Å². The van der Waals surface area contributed by atoms with Gasteiger partial charge in [-0.05, 0) is 42.3 Å². The van der Waals surface area contributed by atoms with Gasteiger partial charge < -0.3 is 10.1 Å². The molecule has 174 valence electrons. The number of aromatic nitrogens is 3. The molecular formula is C27H28N4O3. The van der Waals surface area contributed by atoms with Crippen LogP contribution in [0.1, 0.15) is 47.9 Å². The lowest BCUT2D eigenvalue weighted by Gasteiger charge is -2.12. The van der Waals surface area contributed by atoms with Gasteiger partial charge in [-0.15, -0.1) is 0 Å². The summed E-state index contributed by atoms with van der Waals surface area (Å²) in [7, 11) is 0. The summed E-state index contributed by atoms with van der Waals surface area (Å²) in [4.78, 5) is 30.1. The molecule has 2 aromatic carbocycles. The third-order valence-corrected chi connectivity index (χ3v) is 5.55. The van der Waals surface area contributed by atoms with Gasteiger partial charge in [-0.1, -0.05) is 56.2 Å². The average Bonchev–Trinajstić information content (AvgIpc) is 2.89. The molecule has 34 heavy (non-hydrogen) atoms. The van der Waals surface area contributed by atoms with Crippen molar-refractivity contribution in [2.24, 2.45) is 0 Å². The maximum Gasteiger partial charge on any atom is 0.274 e. The Labute approximate surface area is 198 Å². The number of amides is 1. The zero-order chi connectivity index (χ0) is 23.8. The van der Waals surface area contributed by atoms with Gasteiger partial charge in [0.25, 0.3) is 11.5 Å². The molecule has 0 aliphatic rings. The number of fused-ring (bicyclic) bond motifs is 1. The van der Waals surface area contributed by atoms with Crippen LogP contribution in [0.3, 0.4) is 0 Å². The average molecular weight is 457 g/mol. The van der Waals surface area contributed by atoms with Gasteiger partial charge in [0, 0.05) is 24.7 Å². The molecule has 0 saturated heterocycles. The molecule has 0 radical (unpaired) electrons. The first-order chi connectivity index (χ1) is 16.7. The lowest BCUT2D eigenvalue weighted by Crippen LogP contribution is -2.30. The van der Waals surface area contributed by atoms with Crippen LogP contribution in [-0.2, 0) is 19.7 Å². The topological polar surface area (TPSA) is 86.1 Å². The van der Waals surface area contributed by atoms with Gasteiger partial charge in [0.2, 0.25) is 0 Å². The molecule has 1 amide bonds. The highest BCUT2D eigenvalue weighted by Gasteiger charge is 2.16. The summed E-state index contributed by atoms with van der Waals surface area (Å²) in [6, 6.07) is 20.4. The van der Waals surface area contributed by atoms with Gasteiger partial charge >= 0.3 is 0 Å². The van der Waals surface area contributed by atoms with Crippen LogP contribution in [0.25, 0.3) is 10.8 Å². The molecule has 0 fully saturated rings. The van der Waals surface area contributed by atoms with E-state index in [1.54, 1.807) is 24.4 Å². The minimum atomic E-state index is -0.309. The first-order valence-corrected chi connectivity index (χ1v) is 11.6. The van der Waals surface area contributed by atoms with E-state index in [1.807, 2.05) is 48.5 Å². The molecule has 4 rings (SSSR count). The number of unbranched alkanes of at least 4 members (excludes halogenated alkanes) is 2. The fourth-order valence-corrected chi connectivity index (χ4v) is 3.68. The number of nitrogens with one attached hydrogen (secondary N) is 1. The lowest BCUT2D eigenvalue weighted by atomic mass is 10.1. The third-order valence-electron chi connectivity index (χ3n) is 5.55. The number of hydrogen-bond acceptors (Lipinski definition) is 5. The Morgan fingerprint density at radius 2 is 1.74 bits per heavy atom. The first kappa shape index (κ1) is 23.2. The Morgan fingerprint density at radius 1 is 0.971 bits per heavy atom. The van der Waals surface area contributed by atoms with Crippen molar-refractivity contribution < 1.29 is 9.53 Å². The molecule has 0 saturated carbocycles. The van der Waals surface area contributed by atoms with Crippen LogP contribution in [0.2, 0.25) is 0 Å². The predicted octanol–water partition coefficient (Wildman–Crippen LogP) is 4.49. The number of carbonyl (C=O) groups excluding carboxylic acids is 1. The second kappa shape index (κ2) is 11.2. The zero-order valence-corrected chi connectivity index (χ0v) is 19.2. The fraction of sp³-hybridized carbons (Fsp3) is 0.259.